The topological polar surface area (TPSA) is 93.1 Å². The van der Waals surface area contributed by atoms with Gasteiger partial charge >= 0.3 is 0 Å². The van der Waals surface area contributed by atoms with E-state index in [0.29, 0.717) is 17.8 Å². The number of sulfonamides is 1. The second kappa shape index (κ2) is 9.58. The Balaban J connectivity index is 1.51. The molecule has 0 unspecified atom stereocenters. The van der Waals surface area contributed by atoms with Gasteiger partial charge in [0.15, 0.2) is 0 Å². The van der Waals surface area contributed by atoms with E-state index in [2.05, 4.69) is 15.0 Å². The smallest absolute Gasteiger partial charge is 0.261 e. The molecule has 0 aliphatic carbocycles. The second-order valence-electron chi connectivity index (χ2n) is 7.19. The molecule has 3 aromatic rings. The maximum absolute atomic E-state index is 12.6. The number of hydrogen-bond donors (Lipinski definition) is 2. The molecule has 0 saturated carbocycles. The van der Waals surface area contributed by atoms with Crippen molar-refractivity contribution in [3.8, 4) is 0 Å². The minimum atomic E-state index is -3.68. The van der Waals surface area contributed by atoms with Crippen molar-refractivity contribution in [3.05, 3.63) is 77.9 Å². The van der Waals surface area contributed by atoms with Crippen LogP contribution >= 0.6 is 0 Å². The monoisotopic (exact) mass is 426 g/mol. The fourth-order valence-corrected chi connectivity index (χ4v) is 4.07. The van der Waals surface area contributed by atoms with Crippen molar-refractivity contribution >= 4 is 21.6 Å². The van der Waals surface area contributed by atoms with E-state index in [-0.39, 0.29) is 10.8 Å². The highest BCUT2D eigenvalue weighted by Gasteiger charge is 2.15. The van der Waals surface area contributed by atoms with Crippen LogP contribution in [-0.2, 0) is 16.6 Å². The summed E-state index contributed by atoms with van der Waals surface area (Å²) >= 11 is 0. The molecule has 1 aromatic heterocycles. The van der Waals surface area contributed by atoms with Gasteiger partial charge in [-0.25, -0.2) is 13.4 Å². The number of nitrogens with zero attached hydrogens (tertiary/aromatic N) is 2. The number of aryl methyl sites for hydroxylation is 3. The van der Waals surface area contributed by atoms with E-state index in [1.54, 1.807) is 55.0 Å². The maximum atomic E-state index is 12.6. The van der Waals surface area contributed by atoms with Gasteiger partial charge in [-0.05, 0) is 74.2 Å². The summed E-state index contributed by atoms with van der Waals surface area (Å²) in [6.07, 6.45) is 7.23. The van der Waals surface area contributed by atoms with Crippen molar-refractivity contribution in [2.45, 2.75) is 38.1 Å². The SMILES string of the molecule is Cc1ccc(S(=O)(=O)Nc2ccc(C(=O)NCCCCn3ccnc3)cc2)cc1C. The Morgan fingerprint density at radius 1 is 1.03 bits per heavy atom. The minimum absolute atomic E-state index is 0.179. The molecule has 30 heavy (non-hydrogen) atoms. The van der Waals surface area contributed by atoms with Crippen LogP contribution in [-0.4, -0.2) is 30.4 Å². The fourth-order valence-electron chi connectivity index (χ4n) is 2.93. The zero-order valence-electron chi connectivity index (χ0n) is 17.1. The van der Waals surface area contributed by atoms with E-state index >= 15 is 0 Å². The molecule has 2 N–H and O–H groups in total. The average molecular weight is 427 g/mol. The normalized spacial score (nSPS) is 11.3. The van der Waals surface area contributed by atoms with Gasteiger partial charge in [0.1, 0.15) is 0 Å². The Labute approximate surface area is 177 Å². The lowest BCUT2D eigenvalue weighted by atomic mass is 10.1. The molecule has 1 amide bonds. The van der Waals surface area contributed by atoms with Crippen molar-refractivity contribution in [2.75, 3.05) is 11.3 Å². The van der Waals surface area contributed by atoms with Gasteiger partial charge in [-0.2, -0.15) is 0 Å². The van der Waals surface area contributed by atoms with E-state index in [4.69, 9.17) is 0 Å². The van der Waals surface area contributed by atoms with Crippen molar-refractivity contribution in [3.63, 3.8) is 0 Å². The first-order chi connectivity index (χ1) is 14.3. The second-order valence-corrected chi connectivity index (χ2v) is 8.87. The quantitative estimate of drug-likeness (QED) is 0.512. The molecular formula is C22H26N4O3S. The van der Waals surface area contributed by atoms with E-state index in [1.807, 2.05) is 24.6 Å². The number of benzene rings is 2. The van der Waals surface area contributed by atoms with Crippen molar-refractivity contribution in [2.24, 2.45) is 0 Å². The van der Waals surface area contributed by atoms with Crippen molar-refractivity contribution in [1.29, 1.82) is 0 Å². The van der Waals surface area contributed by atoms with Gasteiger partial charge in [-0.3, -0.25) is 9.52 Å². The van der Waals surface area contributed by atoms with Crippen LogP contribution in [0.4, 0.5) is 5.69 Å². The average Bonchev–Trinajstić information content (AvgIpc) is 3.23. The number of rotatable bonds is 9. The molecule has 3 rings (SSSR count). The molecule has 7 nitrogen and oxygen atoms in total. The number of carbonyl (C=O) groups is 1. The van der Waals surface area contributed by atoms with Gasteiger partial charge in [-0.1, -0.05) is 6.07 Å². The van der Waals surface area contributed by atoms with Gasteiger partial charge in [0.25, 0.3) is 15.9 Å². The lowest BCUT2D eigenvalue weighted by Gasteiger charge is -2.10. The van der Waals surface area contributed by atoms with Crippen LogP contribution in [0.2, 0.25) is 0 Å². The Hall–Kier alpha value is -3.13. The molecule has 158 valence electrons. The van der Waals surface area contributed by atoms with Crippen LogP contribution in [0.3, 0.4) is 0 Å². The van der Waals surface area contributed by atoms with Crippen LogP contribution in [0, 0.1) is 13.8 Å². The molecule has 0 fully saturated rings. The zero-order chi connectivity index (χ0) is 21.6. The highest BCUT2D eigenvalue weighted by atomic mass is 32.2. The Morgan fingerprint density at radius 3 is 2.47 bits per heavy atom. The zero-order valence-corrected chi connectivity index (χ0v) is 17.9. The molecule has 0 aliphatic heterocycles. The lowest BCUT2D eigenvalue weighted by Crippen LogP contribution is -2.24. The van der Waals surface area contributed by atoms with Crippen molar-refractivity contribution < 1.29 is 13.2 Å². The largest absolute Gasteiger partial charge is 0.352 e. The van der Waals surface area contributed by atoms with E-state index in [1.165, 1.54) is 0 Å². The summed E-state index contributed by atoms with van der Waals surface area (Å²) in [5.41, 5.74) is 2.84. The van der Waals surface area contributed by atoms with Crippen LogP contribution in [0.5, 0.6) is 0 Å². The third-order valence-corrected chi connectivity index (χ3v) is 6.25. The number of imidazole rings is 1. The predicted molar refractivity (Wildman–Crippen MR) is 117 cm³/mol. The van der Waals surface area contributed by atoms with E-state index < -0.39 is 10.0 Å². The summed E-state index contributed by atoms with van der Waals surface area (Å²) in [4.78, 5) is 16.5. The molecular weight excluding hydrogens is 400 g/mol. The first kappa shape index (κ1) is 21.6. The molecule has 0 bridgehead atoms. The maximum Gasteiger partial charge on any atom is 0.261 e. The summed E-state index contributed by atoms with van der Waals surface area (Å²) in [5, 5.41) is 2.88. The van der Waals surface area contributed by atoms with Gasteiger partial charge in [0.05, 0.1) is 11.2 Å². The van der Waals surface area contributed by atoms with Crippen LogP contribution in [0.1, 0.15) is 34.3 Å². The number of aromatic nitrogens is 2. The van der Waals surface area contributed by atoms with Crippen LogP contribution in [0.15, 0.2) is 66.1 Å². The van der Waals surface area contributed by atoms with Crippen LogP contribution in [0.25, 0.3) is 0 Å². The predicted octanol–water partition coefficient (Wildman–Crippen LogP) is 3.51. The third-order valence-electron chi connectivity index (χ3n) is 4.88. The highest BCUT2D eigenvalue weighted by molar-refractivity contribution is 7.92. The van der Waals surface area contributed by atoms with Gasteiger partial charge in [0.2, 0.25) is 0 Å². The van der Waals surface area contributed by atoms with Gasteiger partial charge in [0, 0.05) is 36.7 Å². The number of hydrogen-bond acceptors (Lipinski definition) is 4. The number of anilines is 1. The molecule has 1 heterocycles. The lowest BCUT2D eigenvalue weighted by molar-refractivity contribution is 0.0953. The summed E-state index contributed by atoms with van der Waals surface area (Å²) < 4.78 is 29.7. The Morgan fingerprint density at radius 2 is 1.80 bits per heavy atom. The standard InChI is InChI=1S/C22H26N4O3S/c1-17-5-10-21(15-18(17)2)30(28,29)25-20-8-6-19(7-9-20)22(27)24-11-3-4-13-26-14-12-23-16-26/h5-10,12,14-16,25H,3-4,11,13H2,1-2H3,(H,24,27). The third kappa shape index (κ3) is 5.70. The molecule has 0 aliphatic rings. The summed E-state index contributed by atoms with van der Waals surface area (Å²) in [5.74, 6) is -0.179. The summed E-state index contributed by atoms with van der Waals surface area (Å²) in [6.45, 7) is 5.25. The first-order valence-corrected chi connectivity index (χ1v) is 11.3. The van der Waals surface area contributed by atoms with Gasteiger partial charge in [-0.15, -0.1) is 0 Å². The first-order valence-electron chi connectivity index (χ1n) is 9.79. The summed E-state index contributed by atoms with van der Waals surface area (Å²) in [7, 11) is -3.68. The number of unbranched alkanes of at least 4 members (excludes halogenated alkanes) is 1. The van der Waals surface area contributed by atoms with E-state index in [0.717, 1.165) is 30.5 Å². The molecule has 0 atom stereocenters. The highest BCUT2D eigenvalue weighted by Crippen LogP contribution is 2.19. The summed E-state index contributed by atoms with van der Waals surface area (Å²) in [6, 6.07) is 11.4. The molecule has 0 saturated heterocycles. The molecule has 0 spiro atoms. The fraction of sp³-hybridized carbons (Fsp3) is 0.273. The minimum Gasteiger partial charge on any atom is -0.352 e. The number of nitrogens with one attached hydrogen (secondary N) is 2. The van der Waals surface area contributed by atoms with Crippen molar-refractivity contribution in [1.82, 2.24) is 14.9 Å². The Bertz CT molecular complexity index is 1090. The van der Waals surface area contributed by atoms with Crippen LogP contribution < -0.4 is 10.0 Å². The Kier molecular flexibility index (Phi) is 6.89. The number of amides is 1. The molecule has 0 radical (unpaired) electrons. The van der Waals surface area contributed by atoms with E-state index in [9.17, 15) is 13.2 Å². The number of carbonyl (C=O) groups excluding carboxylic acids is 1. The molecule has 2 aromatic carbocycles. The molecule has 8 heteroatoms. The van der Waals surface area contributed by atoms with Gasteiger partial charge < -0.3 is 9.88 Å².